The average molecular weight is 799 g/mol. The van der Waals surface area contributed by atoms with E-state index in [2.05, 4.69) is 46.8 Å². The number of esters is 4. The van der Waals surface area contributed by atoms with Gasteiger partial charge in [0, 0.05) is 6.42 Å². The van der Waals surface area contributed by atoms with Gasteiger partial charge in [0.15, 0.2) is 0 Å². The first-order valence-corrected chi connectivity index (χ1v) is 22.6. The lowest BCUT2D eigenvalue weighted by atomic mass is 9.47. The Morgan fingerprint density at radius 1 is 0.877 bits per heavy atom. The predicted octanol–water partition coefficient (Wildman–Crippen LogP) is 10.2. The molecule has 57 heavy (non-hydrogen) atoms. The Kier molecular flexibility index (Phi) is 17.0. The van der Waals surface area contributed by atoms with Crippen molar-refractivity contribution in [3.63, 3.8) is 0 Å². The molecule has 10 heteroatoms. The van der Waals surface area contributed by atoms with Gasteiger partial charge in [-0.25, -0.2) is 0 Å². The molecule has 2 heterocycles. The number of carboxylic acid groups (broad SMARTS) is 2. The third-order valence-corrected chi connectivity index (χ3v) is 15.3. The monoisotopic (exact) mass is 799 g/mol. The molecule has 10 nitrogen and oxygen atoms in total. The third-order valence-electron chi connectivity index (χ3n) is 15.3. The summed E-state index contributed by atoms with van der Waals surface area (Å²) in [6.07, 6.45) is 19.7. The maximum atomic E-state index is 13.4. The van der Waals surface area contributed by atoms with Crippen molar-refractivity contribution in [3.8, 4) is 0 Å². The number of carbonyl (C=O) groups is 6. The third kappa shape index (κ3) is 11.4. The Balaban J connectivity index is 1.78. The van der Waals surface area contributed by atoms with E-state index in [1.807, 2.05) is 6.92 Å². The van der Waals surface area contributed by atoms with Crippen LogP contribution in [0.4, 0.5) is 0 Å². The number of hydrogen-bond donors (Lipinski definition) is 2. The highest BCUT2D eigenvalue weighted by molar-refractivity contribution is 5.96. The lowest BCUT2D eigenvalue weighted by Gasteiger charge is -2.57. The van der Waals surface area contributed by atoms with E-state index in [0.717, 1.165) is 89.9 Å². The van der Waals surface area contributed by atoms with Gasteiger partial charge in [0.25, 0.3) is 0 Å². The van der Waals surface area contributed by atoms with Gasteiger partial charge in [0.2, 0.25) is 0 Å². The predicted molar refractivity (Wildman–Crippen MR) is 217 cm³/mol. The number of carboxylic acids is 2. The highest BCUT2D eigenvalue weighted by Crippen LogP contribution is 2.62. The minimum absolute atomic E-state index is 0.00595. The normalized spacial score (nSPS) is 31.8. The number of fused-ring (bicyclic) bond motifs is 1. The van der Waals surface area contributed by atoms with E-state index in [1.165, 1.54) is 0 Å². The summed E-state index contributed by atoms with van der Waals surface area (Å²) in [5.74, 6) is -4.87. The van der Waals surface area contributed by atoms with Crippen molar-refractivity contribution >= 4 is 35.8 Å². The highest BCUT2D eigenvalue weighted by Gasteiger charge is 2.58. The largest absolute Gasteiger partial charge is 0.481 e. The molecule has 0 spiro atoms. The van der Waals surface area contributed by atoms with E-state index in [1.54, 1.807) is 6.92 Å². The van der Waals surface area contributed by atoms with Crippen LogP contribution in [-0.4, -0.2) is 46.0 Å². The highest BCUT2D eigenvalue weighted by atomic mass is 16.6. The number of ether oxygens (including phenoxy) is 2. The standard InChI is InChI=1S/C47H74O10/c1-8-9-10-12-16-20-33(26-32(35-27-38(50)56-43(35)52)19-15-13-11-14-17-21-37(48)49)41(39(29(2)3)30(4)40-31(5)42(51)57-44(40)53)34-22-23-36-46(6,28-34)24-18-25-47(36,7)45(54)55/h16,20,29-36,39-41H,8-15,17-19,21-28H2,1-7H3,(H,48,49)(H,54,55)/b20-16+. The van der Waals surface area contributed by atoms with Crippen LogP contribution in [0.25, 0.3) is 0 Å². The first-order chi connectivity index (χ1) is 26.9. The van der Waals surface area contributed by atoms with Crippen LogP contribution in [-0.2, 0) is 38.2 Å². The van der Waals surface area contributed by atoms with Crippen molar-refractivity contribution in [2.75, 3.05) is 0 Å². The molecule has 0 aromatic rings. The van der Waals surface area contributed by atoms with Gasteiger partial charge in [-0.05, 0) is 124 Å². The topological polar surface area (TPSA) is 161 Å². The summed E-state index contributed by atoms with van der Waals surface area (Å²) in [6.45, 7) is 14.8. The SMILES string of the molecule is CCCCC/C=C/C(CC(CCCCCCCC(=O)O)C1CC(=O)OC1=O)C(C1CCC2C(C)(CCCC2(C)C(=O)O)C1)C(C(C)C)C(C)C1C(=O)OC(=O)C1C. The van der Waals surface area contributed by atoms with Gasteiger partial charge in [-0.15, -0.1) is 0 Å². The molecule has 0 radical (unpaired) electrons. The lowest BCUT2D eigenvalue weighted by molar-refractivity contribution is -0.165. The van der Waals surface area contributed by atoms with Crippen LogP contribution >= 0.6 is 0 Å². The summed E-state index contributed by atoms with van der Waals surface area (Å²) in [6, 6.07) is 0. The van der Waals surface area contributed by atoms with Gasteiger partial charge in [0.1, 0.15) is 0 Å². The molecule has 2 aliphatic heterocycles. The zero-order valence-electron chi connectivity index (χ0n) is 36.1. The molecule has 4 rings (SSSR count). The number of rotatable bonds is 23. The van der Waals surface area contributed by atoms with Crippen LogP contribution in [0.1, 0.15) is 170 Å². The fourth-order valence-corrected chi connectivity index (χ4v) is 12.5. The van der Waals surface area contributed by atoms with Crippen molar-refractivity contribution in [1.82, 2.24) is 0 Å². The van der Waals surface area contributed by atoms with Crippen LogP contribution in [0.2, 0.25) is 0 Å². The minimum atomic E-state index is -0.787. The molecule has 0 amide bonds. The van der Waals surface area contributed by atoms with Crippen LogP contribution < -0.4 is 0 Å². The van der Waals surface area contributed by atoms with Gasteiger partial charge >= 0.3 is 35.8 Å². The molecule has 4 aliphatic rings. The van der Waals surface area contributed by atoms with Crippen molar-refractivity contribution in [1.29, 1.82) is 0 Å². The molecule has 12 unspecified atom stereocenters. The van der Waals surface area contributed by atoms with E-state index >= 15 is 0 Å². The molecule has 0 bridgehead atoms. The van der Waals surface area contributed by atoms with E-state index in [4.69, 9.17) is 14.6 Å². The number of allylic oxidation sites excluding steroid dienone is 2. The Hall–Kier alpha value is -3.04. The van der Waals surface area contributed by atoms with Gasteiger partial charge < -0.3 is 19.7 Å². The maximum Gasteiger partial charge on any atom is 0.317 e. The molecular weight excluding hydrogens is 725 g/mol. The molecule has 2 aliphatic carbocycles. The van der Waals surface area contributed by atoms with Gasteiger partial charge in [0.05, 0.1) is 29.6 Å². The first-order valence-electron chi connectivity index (χ1n) is 22.6. The van der Waals surface area contributed by atoms with Gasteiger partial charge in [-0.2, -0.15) is 0 Å². The Morgan fingerprint density at radius 2 is 1.58 bits per heavy atom. The van der Waals surface area contributed by atoms with E-state index in [-0.39, 0.29) is 65.6 Å². The van der Waals surface area contributed by atoms with Crippen molar-refractivity contribution < 1.29 is 48.5 Å². The molecular formula is C47H74O10. The summed E-state index contributed by atoms with van der Waals surface area (Å²) in [7, 11) is 0. The van der Waals surface area contributed by atoms with Crippen molar-refractivity contribution in [3.05, 3.63) is 12.2 Å². The van der Waals surface area contributed by atoms with Gasteiger partial charge in [-0.3, -0.25) is 28.8 Å². The molecule has 0 aromatic carbocycles. The minimum Gasteiger partial charge on any atom is -0.481 e. The molecule has 322 valence electrons. The van der Waals surface area contributed by atoms with E-state index < -0.39 is 59.0 Å². The summed E-state index contributed by atoms with van der Waals surface area (Å²) in [4.78, 5) is 76.0. The lowest BCUT2D eigenvalue weighted by Crippen LogP contribution is -2.52. The molecule has 4 fully saturated rings. The maximum absolute atomic E-state index is 13.4. The molecule has 2 N–H and O–H groups in total. The second kappa shape index (κ2) is 20.8. The molecule has 2 saturated carbocycles. The zero-order chi connectivity index (χ0) is 42.1. The van der Waals surface area contributed by atoms with Crippen molar-refractivity contribution in [2.45, 2.75) is 170 Å². The summed E-state index contributed by atoms with van der Waals surface area (Å²) < 4.78 is 10.4. The van der Waals surface area contributed by atoms with E-state index in [9.17, 15) is 33.9 Å². The summed E-state index contributed by atoms with van der Waals surface area (Å²) >= 11 is 0. The second-order valence-electron chi connectivity index (χ2n) is 19.5. The number of hydrogen-bond acceptors (Lipinski definition) is 8. The molecule has 2 saturated heterocycles. The van der Waals surface area contributed by atoms with E-state index in [0.29, 0.717) is 19.3 Å². The number of cyclic esters (lactones) is 4. The number of unbranched alkanes of at least 4 members (excludes halogenated alkanes) is 7. The van der Waals surface area contributed by atoms with Crippen LogP contribution in [0.15, 0.2) is 12.2 Å². The molecule has 0 aromatic heterocycles. The van der Waals surface area contributed by atoms with Gasteiger partial charge in [-0.1, -0.05) is 98.6 Å². The first kappa shape index (κ1) is 46.6. The summed E-state index contributed by atoms with van der Waals surface area (Å²) in [5.41, 5.74) is -0.960. The number of aliphatic carboxylic acids is 2. The fraction of sp³-hybridized carbons (Fsp3) is 0.830. The zero-order valence-corrected chi connectivity index (χ0v) is 36.1. The Labute approximate surface area is 342 Å². The van der Waals surface area contributed by atoms with Crippen LogP contribution in [0.3, 0.4) is 0 Å². The molecule has 12 atom stereocenters. The van der Waals surface area contributed by atoms with Crippen LogP contribution in [0, 0.1) is 75.9 Å². The fourth-order valence-electron chi connectivity index (χ4n) is 12.5. The smallest absolute Gasteiger partial charge is 0.317 e. The quantitative estimate of drug-likeness (QED) is 0.0440. The Bertz CT molecular complexity index is 1450. The number of carbonyl (C=O) groups excluding carboxylic acids is 4. The van der Waals surface area contributed by atoms with Crippen LogP contribution in [0.5, 0.6) is 0 Å². The average Bonchev–Trinajstić information content (AvgIpc) is 3.61. The Morgan fingerprint density at radius 3 is 2.18 bits per heavy atom. The second-order valence-corrected chi connectivity index (χ2v) is 19.5. The van der Waals surface area contributed by atoms with Crippen molar-refractivity contribution in [2.24, 2.45) is 75.9 Å². The summed E-state index contributed by atoms with van der Waals surface area (Å²) in [5, 5.41) is 19.6.